The highest BCUT2D eigenvalue weighted by molar-refractivity contribution is 9.10. The van der Waals surface area contributed by atoms with Gasteiger partial charge in [0.15, 0.2) is 0 Å². The summed E-state index contributed by atoms with van der Waals surface area (Å²) in [6.07, 6.45) is 0. The fourth-order valence-corrected chi connectivity index (χ4v) is 4.79. The van der Waals surface area contributed by atoms with Gasteiger partial charge in [-0.25, -0.2) is 0 Å². The maximum absolute atomic E-state index is 6.52. The van der Waals surface area contributed by atoms with Crippen molar-refractivity contribution >= 4 is 48.6 Å². The summed E-state index contributed by atoms with van der Waals surface area (Å²) in [5, 5.41) is 4.65. The van der Waals surface area contributed by atoms with Gasteiger partial charge >= 0.3 is 0 Å². The van der Waals surface area contributed by atoms with Gasteiger partial charge in [0.25, 0.3) is 0 Å². The first kappa shape index (κ1) is 17.5. The maximum atomic E-state index is 6.52. The van der Waals surface area contributed by atoms with Crippen LogP contribution in [-0.2, 0) is 0 Å². The Hall–Kier alpha value is -3.36. The molecule has 0 aliphatic carbocycles. The Balaban J connectivity index is 1.64. The molecule has 0 unspecified atom stereocenters. The summed E-state index contributed by atoms with van der Waals surface area (Å²) >= 11 is 3.71. The minimum atomic E-state index is 0.931. The lowest BCUT2D eigenvalue weighted by atomic mass is 9.97. The van der Waals surface area contributed by atoms with Gasteiger partial charge in [0, 0.05) is 26.2 Å². The zero-order valence-electron chi connectivity index (χ0n) is 16.1. The van der Waals surface area contributed by atoms with Crippen molar-refractivity contribution < 1.29 is 4.42 Å². The molecule has 2 heteroatoms. The van der Waals surface area contributed by atoms with E-state index in [4.69, 9.17) is 4.42 Å². The molecule has 0 amide bonds. The molecule has 0 saturated carbocycles. The van der Waals surface area contributed by atoms with Crippen molar-refractivity contribution in [2.24, 2.45) is 0 Å². The van der Waals surface area contributed by atoms with E-state index < -0.39 is 0 Å². The average Bonchev–Trinajstić information content (AvgIpc) is 3.18. The van der Waals surface area contributed by atoms with Gasteiger partial charge in [-0.1, -0.05) is 94.8 Å². The van der Waals surface area contributed by atoms with E-state index in [2.05, 4.69) is 113 Å². The molecule has 6 aromatic rings. The van der Waals surface area contributed by atoms with Gasteiger partial charge in [0.2, 0.25) is 0 Å². The van der Waals surface area contributed by atoms with E-state index in [9.17, 15) is 0 Å². The van der Waals surface area contributed by atoms with E-state index in [-0.39, 0.29) is 0 Å². The Bertz CT molecular complexity index is 1540. The van der Waals surface area contributed by atoms with Gasteiger partial charge in [-0.15, -0.1) is 0 Å². The maximum Gasteiger partial charge on any atom is 0.143 e. The van der Waals surface area contributed by atoms with Crippen LogP contribution in [0.25, 0.3) is 55.0 Å². The highest BCUT2D eigenvalue weighted by atomic mass is 79.9. The number of para-hydroxylation sites is 1. The molecule has 0 radical (unpaired) electrons. The molecule has 30 heavy (non-hydrogen) atoms. The van der Waals surface area contributed by atoms with E-state index in [1.54, 1.807) is 0 Å². The second kappa shape index (κ2) is 6.86. The van der Waals surface area contributed by atoms with Crippen LogP contribution < -0.4 is 0 Å². The Labute approximate surface area is 182 Å². The van der Waals surface area contributed by atoms with E-state index in [0.717, 1.165) is 42.9 Å². The number of hydrogen-bond acceptors (Lipinski definition) is 1. The topological polar surface area (TPSA) is 13.1 Å². The molecule has 6 rings (SSSR count). The summed E-state index contributed by atoms with van der Waals surface area (Å²) in [5.41, 5.74) is 6.50. The molecule has 1 aromatic heterocycles. The number of furan rings is 1. The molecule has 1 nitrogen and oxygen atoms in total. The Kier molecular flexibility index (Phi) is 4.00. The van der Waals surface area contributed by atoms with E-state index >= 15 is 0 Å². The van der Waals surface area contributed by atoms with Gasteiger partial charge < -0.3 is 4.42 Å². The van der Waals surface area contributed by atoms with Gasteiger partial charge in [-0.2, -0.15) is 0 Å². The zero-order valence-corrected chi connectivity index (χ0v) is 17.7. The molecule has 0 aliphatic heterocycles. The summed E-state index contributed by atoms with van der Waals surface area (Å²) in [6, 6.07) is 36.2. The molecule has 142 valence electrons. The van der Waals surface area contributed by atoms with Crippen LogP contribution >= 0.6 is 15.9 Å². The standard InChI is InChI=1S/C28H17BrO/c29-22-16-20(18-7-2-1-3-8-18)15-21(17-22)24-11-6-12-25-26-14-13-19-9-4-5-10-23(19)27(26)30-28(24)25/h1-17H. The molecule has 1 heterocycles. The van der Waals surface area contributed by atoms with Crippen molar-refractivity contribution in [1.29, 1.82) is 0 Å². The summed E-state index contributed by atoms with van der Waals surface area (Å²) in [5.74, 6) is 0. The quantitative estimate of drug-likeness (QED) is 0.257. The van der Waals surface area contributed by atoms with Gasteiger partial charge in [0.1, 0.15) is 11.2 Å². The Morgan fingerprint density at radius 1 is 0.500 bits per heavy atom. The molecule has 0 atom stereocenters. The molecule has 0 fully saturated rings. The summed E-state index contributed by atoms with van der Waals surface area (Å²) in [6.45, 7) is 0. The summed E-state index contributed by atoms with van der Waals surface area (Å²) in [7, 11) is 0. The van der Waals surface area contributed by atoms with Crippen molar-refractivity contribution in [2.45, 2.75) is 0 Å². The van der Waals surface area contributed by atoms with E-state index in [1.165, 1.54) is 16.5 Å². The van der Waals surface area contributed by atoms with E-state index in [0.29, 0.717) is 0 Å². The third-order valence-corrected chi connectivity index (χ3v) is 6.16. The van der Waals surface area contributed by atoms with Crippen molar-refractivity contribution in [2.75, 3.05) is 0 Å². The predicted octanol–water partition coefficient (Wildman–Crippen LogP) is 8.84. The minimum Gasteiger partial charge on any atom is -0.455 e. The first-order valence-corrected chi connectivity index (χ1v) is 10.8. The minimum absolute atomic E-state index is 0.931. The number of hydrogen-bond donors (Lipinski definition) is 0. The predicted molar refractivity (Wildman–Crippen MR) is 130 cm³/mol. The van der Waals surface area contributed by atoms with Crippen LogP contribution in [0.4, 0.5) is 0 Å². The molecule has 0 bridgehead atoms. The Morgan fingerprint density at radius 3 is 2.13 bits per heavy atom. The molecular weight excluding hydrogens is 432 g/mol. The van der Waals surface area contributed by atoms with Gasteiger partial charge in [-0.05, 0) is 46.3 Å². The number of fused-ring (bicyclic) bond motifs is 5. The second-order valence-electron chi connectivity index (χ2n) is 7.54. The summed E-state index contributed by atoms with van der Waals surface area (Å²) < 4.78 is 7.57. The van der Waals surface area contributed by atoms with Crippen molar-refractivity contribution in [3.8, 4) is 22.3 Å². The average molecular weight is 449 g/mol. The van der Waals surface area contributed by atoms with Crippen LogP contribution in [0, 0.1) is 0 Å². The fraction of sp³-hybridized carbons (Fsp3) is 0. The monoisotopic (exact) mass is 448 g/mol. The van der Waals surface area contributed by atoms with Crippen LogP contribution in [-0.4, -0.2) is 0 Å². The number of halogens is 1. The smallest absolute Gasteiger partial charge is 0.143 e. The largest absolute Gasteiger partial charge is 0.455 e. The lowest BCUT2D eigenvalue weighted by Crippen LogP contribution is -1.83. The summed E-state index contributed by atoms with van der Waals surface area (Å²) in [4.78, 5) is 0. The van der Waals surface area contributed by atoms with Crippen molar-refractivity contribution in [3.05, 3.63) is 108 Å². The molecular formula is C28H17BrO. The third-order valence-electron chi connectivity index (χ3n) is 5.70. The highest BCUT2D eigenvalue weighted by Gasteiger charge is 2.15. The third kappa shape index (κ3) is 2.76. The normalized spacial score (nSPS) is 11.5. The zero-order chi connectivity index (χ0) is 20.1. The van der Waals surface area contributed by atoms with Crippen LogP contribution in [0.15, 0.2) is 112 Å². The molecule has 5 aromatic carbocycles. The fourth-order valence-electron chi connectivity index (χ4n) is 4.30. The SMILES string of the molecule is Brc1cc(-c2ccccc2)cc(-c2cccc3c2oc2c4ccccc4ccc32)c1. The van der Waals surface area contributed by atoms with Crippen molar-refractivity contribution in [3.63, 3.8) is 0 Å². The van der Waals surface area contributed by atoms with Crippen LogP contribution in [0.3, 0.4) is 0 Å². The number of benzene rings is 5. The second-order valence-corrected chi connectivity index (χ2v) is 8.46. The molecule has 0 N–H and O–H groups in total. The Morgan fingerprint density at radius 2 is 1.23 bits per heavy atom. The van der Waals surface area contributed by atoms with Crippen LogP contribution in [0.5, 0.6) is 0 Å². The first-order chi connectivity index (χ1) is 14.8. The van der Waals surface area contributed by atoms with Crippen molar-refractivity contribution in [1.82, 2.24) is 0 Å². The van der Waals surface area contributed by atoms with Crippen LogP contribution in [0.2, 0.25) is 0 Å². The lowest BCUT2D eigenvalue weighted by molar-refractivity contribution is 0.674. The van der Waals surface area contributed by atoms with E-state index in [1.807, 2.05) is 6.07 Å². The molecule has 0 aliphatic rings. The van der Waals surface area contributed by atoms with Gasteiger partial charge in [0.05, 0.1) is 0 Å². The lowest BCUT2D eigenvalue weighted by Gasteiger charge is -2.08. The number of rotatable bonds is 2. The molecule has 0 saturated heterocycles. The van der Waals surface area contributed by atoms with Crippen LogP contribution in [0.1, 0.15) is 0 Å². The van der Waals surface area contributed by atoms with Gasteiger partial charge in [-0.3, -0.25) is 0 Å². The molecule has 0 spiro atoms. The highest BCUT2D eigenvalue weighted by Crippen LogP contribution is 2.40. The first-order valence-electron chi connectivity index (χ1n) is 9.97.